The highest BCUT2D eigenvalue weighted by atomic mass is 127. The Hall–Kier alpha value is -0.500. The molecule has 1 aromatic carbocycles. The van der Waals surface area contributed by atoms with Gasteiger partial charge in [-0.25, -0.2) is 4.98 Å². The number of benzene rings is 1. The third-order valence-corrected chi connectivity index (χ3v) is 4.29. The summed E-state index contributed by atoms with van der Waals surface area (Å²) in [6.07, 6.45) is 1.79. The third-order valence-electron chi connectivity index (χ3n) is 2.75. The van der Waals surface area contributed by atoms with E-state index < -0.39 is 0 Å². The van der Waals surface area contributed by atoms with Gasteiger partial charge in [-0.05, 0) is 53.6 Å². The summed E-state index contributed by atoms with van der Waals surface area (Å²) in [5.41, 5.74) is 5.30. The lowest BCUT2D eigenvalue weighted by Crippen LogP contribution is -2.38. The summed E-state index contributed by atoms with van der Waals surface area (Å²) in [7, 11) is 0. The molecule has 3 N–H and O–H groups in total. The van der Waals surface area contributed by atoms with Crippen molar-refractivity contribution in [3.63, 3.8) is 0 Å². The van der Waals surface area contributed by atoms with Crippen molar-refractivity contribution in [3.05, 3.63) is 49.5 Å². The lowest BCUT2D eigenvalue weighted by molar-refractivity contribution is 0.518. The van der Waals surface area contributed by atoms with E-state index in [4.69, 9.17) is 5.84 Å². The van der Waals surface area contributed by atoms with Crippen LogP contribution in [0.15, 0.2) is 29.6 Å². The molecule has 3 nitrogen and oxygen atoms in total. The highest BCUT2D eigenvalue weighted by Gasteiger charge is 2.10. The van der Waals surface area contributed by atoms with Gasteiger partial charge in [-0.2, -0.15) is 0 Å². The Morgan fingerprint density at radius 2 is 2.06 bits per heavy atom. The van der Waals surface area contributed by atoms with E-state index in [0.29, 0.717) is 0 Å². The van der Waals surface area contributed by atoms with Crippen LogP contribution in [0.5, 0.6) is 0 Å². The van der Waals surface area contributed by atoms with Crippen molar-refractivity contribution in [2.75, 3.05) is 0 Å². The van der Waals surface area contributed by atoms with Crippen LogP contribution in [-0.2, 0) is 12.8 Å². The quantitative estimate of drug-likeness (QED) is 0.481. The number of aromatic nitrogens is 1. The van der Waals surface area contributed by atoms with Gasteiger partial charge in [0.1, 0.15) is 0 Å². The van der Waals surface area contributed by atoms with Crippen LogP contribution in [0.3, 0.4) is 0 Å². The van der Waals surface area contributed by atoms with Gasteiger partial charge in [0.15, 0.2) is 0 Å². The predicted octanol–water partition coefficient (Wildman–Crippen LogP) is 2.67. The largest absolute Gasteiger partial charge is 0.271 e. The second-order valence-corrected chi connectivity index (χ2v) is 6.56. The van der Waals surface area contributed by atoms with Crippen molar-refractivity contribution in [3.8, 4) is 0 Å². The topological polar surface area (TPSA) is 50.9 Å². The van der Waals surface area contributed by atoms with Gasteiger partial charge in [-0.3, -0.25) is 11.3 Å². The van der Waals surface area contributed by atoms with Gasteiger partial charge in [-0.15, -0.1) is 11.3 Å². The molecule has 0 bridgehead atoms. The molecule has 1 unspecified atom stereocenters. The molecule has 1 aromatic heterocycles. The molecule has 0 radical (unpaired) electrons. The van der Waals surface area contributed by atoms with Crippen molar-refractivity contribution >= 4 is 33.9 Å². The number of aryl methyl sites for hydroxylation is 1. The molecule has 1 heterocycles. The molecule has 2 rings (SSSR count). The molecule has 0 aliphatic carbocycles. The van der Waals surface area contributed by atoms with E-state index >= 15 is 0 Å². The number of nitrogens with one attached hydrogen (secondary N) is 1. The van der Waals surface area contributed by atoms with Gasteiger partial charge in [0.2, 0.25) is 0 Å². The van der Waals surface area contributed by atoms with E-state index in [0.717, 1.165) is 23.5 Å². The van der Waals surface area contributed by atoms with Gasteiger partial charge in [0.05, 0.1) is 10.7 Å². The summed E-state index contributed by atoms with van der Waals surface area (Å²) in [6, 6.07) is 8.77. The molecule has 0 aliphatic rings. The Morgan fingerprint density at radius 1 is 1.33 bits per heavy atom. The summed E-state index contributed by atoms with van der Waals surface area (Å²) in [4.78, 5) is 4.48. The standard InChI is InChI=1S/C13H16IN3S/c1-9-16-13(8-18-9)7-12(17-15)6-10-2-4-11(14)5-3-10/h2-5,8,12,17H,6-7,15H2,1H3. The molecule has 0 spiro atoms. The van der Waals surface area contributed by atoms with E-state index in [9.17, 15) is 0 Å². The molecule has 2 aromatic rings. The highest BCUT2D eigenvalue weighted by molar-refractivity contribution is 14.1. The smallest absolute Gasteiger partial charge is 0.0897 e. The first-order valence-corrected chi connectivity index (χ1v) is 7.75. The highest BCUT2D eigenvalue weighted by Crippen LogP contribution is 2.13. The molecule has 1 atom stereocenters. The molecule has 96 valence electrons. The summed E-state index contributed by atoms with van der Waals surface area (Å²) < 4.78 is 1.25. The van der Waals surface area contributed by atoms with Gasteiger partial charge < -0.3 is 0 Å². The molecule has 18 heavy (non-hydrogen) atoms. The number of thiazole rings is 1. The van der Waals surface area contributed by atoms with Crippen molar-refractivity contribution in [2.24, 2.45) is 5.84 Å². The zero-order chi connectivity index (χ0) is 13.0. The van der Waals surface area contributed by atoms with Gasteiger partial charge >= 0.3 is 0 Å². The first kappa shape index (κ1) is 13.9. The van der Waals surface area contributed by atoms with Gasteiger partial charge in [-0.1, -0.05) is 12.1 Å². The lowest BCUT2D eigenvalue weighted by atomic mass is 10.0. The van der Waals surface area contributed by atoms with Crippen LogP contribution in [0.1, 0.15) is 16.3 Å². The Balaban J connectivity index is 1.99. The van der Waals surface area contributed by atoms with E-state index in [1.807, 2.05) is 6.92 Å². The molecular weight excluding hydrogens is 357 g/mol. The minimum atomic E-state index is 0.228. The van der Waals surface area contributed by atoms with Gasteiger partial charge in [0, 0.05) is 21.4 Å². The molecule has 5 heteroatoms. The number of rotatable bonds is 5. The molecular formula is C13H16IN3S. The number of hydrazine groups is 1. The maximum atomic E-state index is 5.63. The molecule has 0 amide bonds. The van der Waals surface area contributed by atoms with E-state index in [1.165, 1.54) is 9.13 Å². The van der Waals surface area contributed by atoms with Crippen LogP contribution in [0.25, 0.3) is 0 Å². The average Bonchev–Trinajstić information content (AvgIpc) is 2.77. The lowest BCUT2D eigenvalue weighted by Gasteiger charge is -2.14. The summed E-state index contributed by atoms with van der Waals surface area (Å²) in [5.74, 6) is 5.63. The van der Waals surface area contributed by atoms with E-state index in [2.05, 4.69) is 62.6 Å². The first-order chi connectivity index (χ1) is 8.67. The van der Waals surface area contributed by atoms with Crippen LogP contribution >= 0.6 is 33.9 Å². The Kier molecular flexibility index (Phi) is 5.11. The van der Waals surface area contributed by atoms with Crippen molar-refractivity contribution in [1.82, 2.24) is 10.4 Å². The number of nitrogens with zero attached hydrogens (tertiary/aromatic N) is 1. The zero-order valence-electron chi connectivity index (χ0n) is 10.2. The minimum Gasteiger partial charge on any atom is -0.271 e. The Morgan fingerprint density at radius 3 is 2.61 bits per heavy atom. The fraction of sp³-hybridized carbons (Fsp3) is 0.308. The van der Waals surface area contributed by atoms with Crippen LogP contribution < -0.4 is 11.3 Å². The maximum Gasteiger partial charge on any atom is 0.0897 e. The molecule has 0 saturated heterocycles. The zero-order valence-corrected chi connectivity index (χ0v) is 13.2. The minimum absolute atomic E-state index is 0.228. The van der Waals surface area contributed by atoms with Crippen LogP contribution in [0, 0.1) is 10.5 Å². The van der Waals surface area contributed by atoms with Crippen LogP contribution in [0.4, 0.5) is 0 Å². The second kappa shape index (κ2) is 6.60. The first-order valence-electron chi connectivity index (χ1n) is 5.79. The maximum absolute atomic E-state index is 5.63. The summed E-state index contributed by atoms with van der Waals surface area (Å²) in [5, 5.41) is 3.21. The van der Waals surface area contributed by atoms with Crippen molar-refractivity contribution in [2.45, 2.75) is 25.8 Å². The van der Waals surface area contributed by atoms with Crippen molar-refractivity contribution in [1.29, 1.82) is 0 Å². The van der Waals surface area contributed by atoms with E-state index in [1.54, 1.807) is 11.3 Å². The fourth-order valence-corrected chi connectivity index (χ4v) is 2.83. The number of nitrogens with two attached hydrogens (primary N) is 1. The summed E-state index contributed by atoms with van der Waals surface area (Å²) in [6.45, 7) is 2.03. The molecule has 0 fully saturated rings. The van der Waals surface area contributed by atoms with Crippen molar-refractivity contribution < 1.29 is 0 Å². The third kappa shape index (κ3) is 4.01. The Labute approximate surface area is 125 Å². The molecule has 0 saturated carbocycles. The summed E-state index contributed by atoms with van der Waals surface area (Å²) >= 11 is 4.00. The average molecular weight is 373 g/mol. The fourth-order valence-electron chi connectivity index (χ4n) is 1.85. The number of halogens is 1. The van der Waals surface area contributed by atoms with Crippen LogP contribution in [-0.4, -0.2) is 11.0 Å². The monoisotopic (exact) mass is 373 g/mol. The number of hydrogen-bond donors (Lipinski definition) is 2. The SMILES string of the molecule is Cc1nc(CC(Cc2ccc(I)cc2)NN)cs1. The number of hydrogen-bond acceptors (Lipinski definition) is 4. The van der Waals surface area contributed by atoms with Crippen LogP contribution in [0.2, 0.25) is 0 Å². The predicted molar refractivity (Wildman–Crippen MR) is 84.5 cm³/mol. The second-order valence-electron chi connectivity index (χ2n) is 4.26. The normalized spacial score (nSPS) is 12.6. The van der Waals surface area contributed by atoms with Gasteiger partial charge in [0.25, 0.3) is 0 Å². The van der Waals surface area contributed by atoms with E-state index in [-0.39, 0.29) is 6.04 Å². The molecule has 0 aliphatic heterocycles. The Bertz CT molecular complexity index is 495.